The van der Waals surface area contributed by atoms with E-state index < -0.39 is 6.10 Å². The molecule has 0 aliphatic heterocycles. The third kappa shape index (κ3) is 52.1. The Morgan fingerprint density at radius 1 is 0.318 bits per heavy atom. The van der Waals surface area contributed by atoms with Gasteiger partial charge < -0.3 is 14.2 Å². The maximum Gasteiger partial charge on any atom is 0.306 e. The van der Waals surface area contributed by atoms with E-state index >= 15 is 0 Å². The van der Waals surface area contributed by atoms with Crippen molar-refractivity contribution in [2.24, 2.45) is 0 Å². The van der Waals surface area contributed by atoms with Gasteiger partial charge in [0.15, 0.2) is 6.10 Å². The first-order valence-electron chi connectivity index (χ1n) is 28.3. The molecule has 0 fully saturated rings. The SMILES string of the molecule is CC/C=C/C/C=C/C/C=C/C/C=C/C/C=C/CCCC(=O)O[C@H](COC(=O)CCCCCCCCCCCCCCC)COC(=O)CCCCCCCCCCCCCCCCCCCC. The summed E-state index contributed by atoms with van der Waals surface area (Å²) < 4.78 is 16.8. The van der Waals surface area contributed by atoms with Gasteiger partial charge in [-0.2, -0.15) is 0 Å². The second-order valence-corrected chi connectivity index (χ2v) is 18.8. The molecule has 0 aromatic heterocycles. The zero-order valence-corrected chi connectivity index (χ0v) is 43.7. The van der Waals surface area contributed by atoms with Crippen molar-refractivity contribution in [2.45, 2.75) is 290 Å². The van der Waals surface area contributed by atoms with Crippen LogP contribution in [0.3, 0.4) is 0 Å². The van der Waals surface area contributed by atoms with Gasteiger partial charge in [-0.25, -0.2) is 0 Å². The largest absolute Gasteiger partial charge is 0.462 e. The summed E-state index contributed by atoms with van der Waals surface area (Å²) in [6.45, 7) is 6.51. The molecule has 0 unspecified atom stereocenters. The van der Waals surface area contributed by atoms with Crippen molar-refractivity contribution in [1.29, 1.82) is 0 Å². The summed E-state index contributed by atoms with van der Waals surface area (Å²) >= 11 is 0. The minimum atomic E-state index is -0.800. The molecule has 66 heavy (non-hydrogen) atoms. The predicted octanol–water partition coefficient (Wildman–Crippen LogP) is 18.8. The summed E-state index contributed by atoms with van der Waals surface area (Å²) in [5.41, 5.74) is 0. The smallest absolute Gasteiger partial charge is 0.306 e. The normalized spacial score (nSPS) is 12.5. The number of hydrogen-bond acceptors (Lipinski definition) is 6. The van der Waals surface area contributed by atoms with Gasteiger partial charge in [0.05, 0.1) is 0 Å². The van der Waals surface area contributed by atoms with Gasteiger partial charge in [0, 0.05) is 19.3 Å². The van der Waals surface area contributed by atoms with E-state index in [2.05, 4.69) is 81.5 Å². The van der Waals surface area contributed by atoms with Crippen molar-refractivity contribution in [3.8, 4) is 0 Å². The van der Waals surface area contributed by atoms with E-state index in [1.807, 2.05) is 0 Å². The van der Waals surface area contributed by atoms with E-state index in [1.165, 1.54) is 161 Å². The molecule has 0 aliphatic carbocycles. The molecule has 0 bridgehead atoms. The first kappa shape index (κ1) is 63.1. The van der Waals surface area contributed by atoms with E-state index in [-0.39, 0.29) is 37.5 Å². The first-order chi connectivity index (χ1) is 32.5. The van der Waals surface area contributed by atoms with Crippen LogP contribution < -0.4 is 0 Å². The molecule has 0 heterocycles. The third-order valence-electron chi connectivity index (χ3n) is 12.3. The molecule has 6 heteroatoms. The zero-order valence-electron chi connectivity index (χ0n) is 43.7. The molecular weight excluding hydrogens is 817 g/mol. The van der Waals surface area contributed by atoms with Crippen LogP contribution in [0.15, 0.2) is 60.8 Å². The molecule has 0 saturated carbocycles. The molecule has 0 aromatic rings. The molecule has 0 aliphatic rings. The second-order valence-electron chi connectivity index (χ2n) is 18.8. The Morgan fingerprint density at radius 3 is 0.909 bits per heavy atom. The summed E-state index contributed by atoms with van der Waals surface area (Å²) in [5, 5.41) is 0. The Hall–Kier alpha value is -2.89. The van der Waals surface area contributed by atoms with Crippen LogP contribution in [0.25, 0.3) is 0 Å². The first-order valence-corrected chi connectivity index (χ1v) is 28.3. The number of ether oxygens (including phenoxy) is 3. The van der Waals surface area contributed by atoms with Gasteiger partial charge in [-0.15, -0.1) is 0 Å². The van der Waals surface area contributed by atoms with Crippen molar-refractivity contribution in [3.05, 3.63) is 60.8 Å². The van der Waals surface area contributed by atoms with Gasteiger partial charge >= 0.3 is 17.9 Å². The summed E-state index contributed by atoms with van der Waals surface area (Å²) in [7, 11) is 0. The van der Waals surface area contributed by atoms with Gasteiger partial charge in [-0.3, -0.25) is 14.4 Å². The highest BCUT2D eigenvalue weighted by Gasteiger charge is 2.19. The fourth-order valence-electron chi connectivity index (χ4n) is 8.07. The molecule has 1 atom stereocenters. The van der Waals surface area contributed by atoms with E-state index in [0.29, 0.717) is 19.3 Å². The van der Waals surface area contributed by atoms with Crippen LogP contribution in [0.2, 0.25) is 0 Å². The summed E-state index contributed by atoms with van der Waals surface area (Å²) in [5.74, 6) is -0.939. The van der Waals surface area contributed by atoms with Gasteiger partial charge in [0.1, 0.15) is 13.2 Å². The van der Waals surface area contributed by atoms with Crippen molar-refractivity contribution in [3.63, 3.8) is 0 Å². The minimum absolute atomic E-state index is 0.0928. The lowest BCUT2D eigenvalue weighted by atomic mass is 10.0. The van der Waals surface area contributed by atoms with Crippen LogP contribution in [0.4, 0.5) is 0 Å². The maximum absolute atomic E-state index is 12.8. The minimum Gasteiger partial charge on any atom is -0.462 e. The number of carbonyl (C=O) groups is 3. The van der Waals surface area contributed by atoms with Crippen molar-refractivity contribution in [2.75, 3.05) is 13.2 Å². The van der Waals surface area contributed by atoms with E-state index in [1.54, 1.807) is 0 Å². The summed E-state index contributed by atoms with van der Waals surface area (Å²) in [6, 6.07) is 0. The van der Waals surface area contributed by atoms with Crippen LogP contribution in [0.1, 0.15) is 284 Å². The average Bonchev–Trinajstić information content (AvgIpc) is 3.31. The molecule has 0 amide bonds. The zero-order chi connectivity index (χ0) is 47.9. The molecule has 0 spiro atoms. The molecule has 0 saturated heterocycles. The van der Waals surface area contributed by atoms with Gasteiger partial charge in [0.2, 0.25) is 0 Å². The lowest BCUT2D eigenvalue weighted by Crippen LogP contribution is -2.30. The third-order valence-corrected chi connectivity index (χ3v) is 12.3. The summed E-state index contributed by atoms with van der Waals surface area (Å²) in [4.78, 5) is 38.1. The molecule has 0 rings (SSSR count). The number of unbranched alkanes of at least 4 members (excludes halogenated alkanes) is 30. The predicted molar refractivity (Wildman–Crippen MR) is 284 cm³/mol. The Balaban J connectivity index is 4.42. The molecule has 0 radical (unpaired) electrons. The Labute approximate surface area is 409 Å². The fourth-order valence-corrected chi connectivity index (χ4v) is 8.07. The Kier molecular flexibility index (Phi) is 52.3. The Bertz CT molecular complexity index is 1200. The topological polar surface area (TPSA) is 78.9 Å². The van der Waals surface area contributed by atoms with Gasteiger partial charge in [-0.05, 0) is 57.8 Å². The van der Waals surface area contributed by atoms with Crippen molar-refractivity contribution < 1.29 is 28.6 Å². The average molecular weight is 924 g/mol. The number of rotatable bonds is 51. The highest BCUT2D eigenvalue weighted by atomic mass is 16.6. The van der Waals surface area contributed by atoms with Crippen LogP contribution in [0.5, 0.6) is 0 Å². The monoisotopic (exact) mass is 923 g/mol. The van der Waals surface area contributed by atoms with Gasteiger partial charge in [-0.1, -0.05) is 268 Å². The highest BCUT2D eigenvalue weighted by Crippen LogP contribution is 2.16. The fraction of sp³-hybridized carbons (Fsp3) is 0.783. The van der Waals surface area contributed by atoms with Crippen molar-refractivity contribution >= 4 is 17.9 Å². The van der Waals surface area contributed by atoms with E-state index in [9.17, 15) is 14.4 Å². The molecular formula is C60H106O6. The van der Waals surface area contributed by atoms with Crippen LogP contribution in [-0.2, 0) is 28.6 Å². The van der Waals surface area contributed by atoms with Gasteiger partial charge in [0.25, 0.3) is 0 Å². The van der Waals surface area contributed by atoms with Crippen LogP contribution in [0, 0.1) is 0 Å². The number of allylic oxidation sites excluding steroid dienone is 10. The second kappa shape index (κ2) is 54.7. The lowest BCUT2D eigenvalue weighted by molar-refractivity contribution is -0.167. The van der Waals surface area contributed by atoms with Crippen molar-refractivity contribution in [1.82, 2.24) is 0 Å². The molecule has 382 valence electrons. The Morgan fingerprint density at radius 2 is 0.591 bits per heavy atom. The number of hydrogen-bond donors (Lipinski definition) is 0. The maximum atomic E-state index is 12.8. The number of esters is 3. The summed E-state index contributed by atoms with van der Waals surface area (Å²) in [6.07, 6.45) is 67.9. The highest BCUT2D eigenvalue weighted by molar-refractivity contribution is 5.71. The van der Waals surface area contributed by atoms with Crippen LogP contribution in [-0.4, -0.2) is 37.2 Å². The molecule has 0 aromatic carbocycles. The van der Waals surface area contributed by atoms with E-state index in [4.69, 9.17) is 14.2 Å². The molecule has 0 N–H and O–H groups in total. The standard InChI is InChI=1S/C60H106O6/c1-4-7-10-13-16-19-22-25-27-29-31-32-35-38-41-44-47-50-53-59(62)65-56-57(55-64-58(61)52-49-46-43-40-37-34-24-21-18-15-12-9-6-3)66-60(63)54-51-48-45-42-39-36-33-30-28-26-23-20-17-14-11-8-5-2/h8,11,17,20,26,28,33,36,42,45,57H,4-7,9-10,12-16,18-19,21-25,27,29-32,34-35,37-41,43-44,46-56H2,1-3H3/b11-8+,20-17+,28-26+,36-33+,45-42+/t57-/m1/s1. The molecule has 6 nitrogen and oxygen atoms in total. The lowest BCUT2D eigenvalue weighted by Gasteiger charge is -2.18. The quantitative estimate of drug-likeness (QED) is 0.0262. The van der Waals surface area contributed by atoms with E-state index in [0.717, 1.165) is 77.0 Å². The number of carbonyl (C=O) groups excluding carboxylic acids is 3. The van der Waals surface area contributed by atoms with Crippen LogP contribution >= 0.6 is 0 Å².